The van der Waals surface area contributed by atoms with Gasteiger partial charge in [0.05, 0.1) is 12.1 Å². The number of carbonyl (C=O) groups is 2. The first-order valence-corrected chi connectivity index (χ1v) is 8.11. The monoisotopic (exact) mass is 349 g/mol. The van der Waals surface area contributed by atoms with Crippen molar-refractivity contribution in [3.63, 3.8) is 0 Å². The molecule has 4 N–H and O–H groups in total. The van der Waals surface area contributed by atoms with Gasteiger partial charge in [0.15, 0.2) is 0 Å². The van der Waals surface area contributed by atoms with Crippen molar-refractivity contribution in [3.05, 3.63) is 78.1 Å². The van der Waals surface area contributed by atoms with E-state index in [-0.39, 0.29) is 5.91 Å². The maximum atomic E-state index is 12.1. The Balaban J connectivity index is 1.50. The Morgan fingerprint density at radius 3 is 2.31 bits per heavy atom. The molecule has 2 aromatic carbocycles. The summed E-state index contributed by atoms with van der Waals surface area (Å²) >= 11 is 0. The summed E-state index contributed by atoms with van der Waals surface area (Å²) in [4.78, 5) is 22.9. The van der Waals surface area contributed by atoms with Gasteiger partial charge in [-0.15, -0.1) is 0 Å². The van der Waals surface area contributed by atoms with Crippen LogP contribution in [-0.4, -0.2) is 21.7 Å². The Morgan fingerprint density at radius 1 is 1.00 bits per heavy atom. The first kappa shape index (κ1) is 17.2. The molecule has 1 heterocycles. The molecule has 0 spiro atoms. The Kier molecular flexibility index (Phi) is 5.28. The standard InChI is InChI=1S/C19H19N5O2/c20-19(26)23-16-6-2-15(3-7-16)13-21-18(25)12-14-4-8-17(9-5-14)24-11-1-10-22-24/h1-11H,12-13H2,(H,21,25)(H3,20,23,26). The van der Waals surface area contributed by atoms with Gasteiger partial charge in [-0.2, -0.15) is 5.10 Å². The van der Waals surface area contributed by atoms with Gasteiger partial charge in [-0.05, 0) is 41.5 Å². The van der Waals surface area contributed by atoms with Crippen LogP contribution in [0.1, 0.15) is 11.1 Å². The van der Waals surface area contributed by atoms with E-state index in [1.165, 1.54) is 0 Å². The molecule has 0 saturated carbocycles. The lowest BCUT2D eigenvalue weighted by Gasteiger charge is -2.08. The number of hydrogen-bond donors (Lipinski definition) is 3. The number of aromatic nitrogens is 2. The largest absolute Gasteiger partial charge is 0.352 e. The number of hydrogen-bond acceptors (Lipinski definition) is 3. The normalized spacial score (nSPS) is 10.3. The van der Waals surface area contributed by atoms with Gasteiger partial charge in [0.25, 0.3) is 0 Å². The highest BCUT2D eigenvalue weighted by atomic mass is 16.2. The fourth-order valence-electron chi connectivity index (χ4n) is 2.48. The van der Waals surface area contributed by atoms with Crippen molar-refractivity contribution in [2.45, 2.75) is 13.0 Å². The van der Waals surface area contributed by atoms with Crippen molar-refractivity contribution in [3.8, 4) is 5.69 Å². The van der Waals surface area contributed by atoms with Gasteiger partial charge in [-0.25, -0.2) is 9.48 Å². The van der Waals surface area contributed by atoms with Crippen molar-refractivity contribution >= 4 is 17.6 Å². The van der Waals surface area contributed by atoms with Crippen LogP contribution in [0, 0.1) is 0 Å². The molecule has 26 heavy (non-hydrogen) atoms. The van der Waals surface area contributed by atoms with Crippen LogP contribution < -0.4 is 16.4 Å². The Labute approximate surface area is 150 Å². The summed E-state index contributed by atoms with van der Waals surface area (Å²) in [6, 6.07) is 16.1. The van der Waals surface area contributed by atoms with E-state index < -0.39 is 6.03 Å². The number of carbonyl (C=O) groups excluding carboxylic acids is 2. The Bertz CT molecular complexity index is 871. The van der Waals surface area contributed by atoms with Crippen LogP contribution in [0.25, 0.3) is 5.69 Å². The van der Waals surface area contributed by atoms with Gasteiger partial charge in [0.2, 0.25) is 5.91 Å². The zero-order chi connectivity index (χ0) is 18.4. The van der Waals surface area contributed by atoms with Crippen LogP contribution >= 0.6 is 0 Å². The number of amides is 3. The van der Waals surface area contributed by atoms with E-state index in [0.29, 0.717) is 18.7 Å². The maximum Gasteiger partial charge on any atom is 0.316 e. The molecule has 0 atom stereocenters. The summed E-state index contributed by atoms with van der Waals surface area (Å²) in [6.07, 6.45) is 3.89. The average molecular weight is 349 g/mol. The number of nitrogens with zero attached hydrogens (tertiary/aromatic N) is 2. The van der Waals surface area contributed by atoms with Crippen molar-refractivity contribution in [2.24, 2.45) is 5.73 Å². The number of nitrogens with one attached hydrogen (secondary N) is 2. The van der Waals surface area contributed by atoms with Gasteiger partial charge in [-0.3, -0.25) is 4.79 Å². The number of primary amides is 1. The second-order valence-electron chi connectivity index (χ2n) is 5.76. The minimum atomic E-state index is -0.607. The lowest BCUT2D eigenvalue weighted by molar-refractivity contribution is -0.120. The van der Waals surface area contributed by atoms with Gasteiger partial charge in [-0.1, -0.05) is 24.3 Å². The SMILES string of the molecule is NC(=O)Nc1ccc(CNC(=O)Cc2ccc(-n3cccn3)cc2)cc1. The number of rotatable bonds is 6. The third kappa shape index (κ3) is 4.70. The maximum absolute atomic E-state index is 12.1. The van der Waals surface area contributed by atoms with E-state index in [0.717, 1.165) is 16.8 Å². The summed E-state index contributed by atoms with van der Waals surface area (Å²) in [5.74, 6) is -0.0591. The highest BCUT2D eigenvalue weighted by Gasteiger charge is 2.05. The van der Waals surface area contributed by atoms with Crippen LogP contribution in [-0.2, 0) is 17.8 Å². The van der Waals surface area contributed by atoms with E-state index >= 15 is 0 Å². The van der Waals surface area contributed by atoms with Gasteiger partial charge >= 0.3 is 6.03 Å². The summed E-state index contributed by atoms with van der Waals surface area (Å²) < 4.78 is 1.76. The first-order chi connectivity index (χ1) is 12.6. The van der Waals surface area contributed by atoms with Crippen LogP contribution in [0.15, 0.2) is 67.0 Å². The molecule has 0 aliphatic carbocycles. The van der Waals surface area contributed by atoms with Crippen molar-refractivity contribution in [1.29, 1.82) is 0 Å². The van der Waals surface area contributed by atoms with Crippen LogP contribution in [0.3, 0.4) is 0 Å². The highest BCUT2D eigenvalue weighted by Crippen LogP contribution is 2.10. The van der Waals surface area contributed by atoms with Gasteiger partial charge < -0.3 is 16.4 Å². The minimum absolute atomic E-state index is 0.0591. The highest BCUT2D eigenvalue weighted by molar-refractivity contribution is 5.87. The molecule has 0 aliphatic rings. The number of anilines is 1. The molecule has 0 radical (unpaired) electrons. The molecule has 0 fully saturated rings. The molecule has 1 aromatic heterocycles. The second kappa shape index (κ2) is 7.98. The zero-order valence-corrected chi connectivity index (χ0v) is 14.1. The molecule has 132 valence electrons. The predicted molar refractivity (Wildman–Crippen MR) is 98.8 cm³/mol. The Morgan fingerprint density at radius 2 is 1.69 bits per heavy atom. The molecule has 3 aromatic rings. The molecule has 3 amide bonds. The minimum Gasteiger partial charge on any atom is -0.352 e. The number of urea groups is 1. The molecule has 0 saturated heterocycles. The van der Waals surface area contributed by atoms with Crippen molar-refractivity contribution in [2.75, 3.05) is 5.32 Å². The van der Waals surface area contributed by atoms with Crippen molar-refractivity contribution < 1.29 is 9.59 Å². The summed E-state index contributed by atoms with van der Waals surface area (Å²) in [5.41, 5.74) is 8.49. The second-order valence-corrected chi connectivity index (χ2v) is 5.76. The van der Waals surface area contributed by atoms with Gasteiger partial charge in [0, 0.05) is 24.6 Å². The molecule has 0 bridgehead atoms. The molecule has 7 nitrogen and oxygen atoms in total. The first-order valence-electron chi connectivity index (χ1n) is 8.11. The van der Waals surface area contributed by atoms with Crippen LogP contribution in [0.2, 0.25) is 0 Å². The average Bonchev–Trinajstić information content (AvgIpc) is 3.16. The smallest absolute Gasteiger partial charge is 0.316 e. The van der Waals surface area contributed by atoms with Crippen molar-refractivity contribution in [1.82, 2.24) is 15.1 Å². The quantitative estimate of drug-likeness (QED) is 0.636. The fraction of sp³-hybridized carbons (Fsp3) is 0.105. The van der Waals surface area contributed by atoms with E-state index in [4.69, 9.17) is 5.73 Å². The topological polar surface area (TPSA) is 102 Å². The van der Waals surface area contributed by atoms with E-state index in [1.807, 2.05) is 48.7 Å². The van der Waals surface area contributed by atoms with E-state index in [1.54, 1.807) is 23.0 Å². The summed E-state index contributed by atoms with van der Waals surface area (Å²) in [6.45, 7) is 0.418. The summed E-state index contributed by atoms with van der Waals surface area (Å²) in [7, 11) is 0. The third-order valence-electron chi connectivity index (χ3n) is 3.78. The number of nitrogens with two attached hydrogens (primary N) is 1. The fourth-order valence-corrected chi connectivity index (χ4v) is 2.48. The van der Waals surface area contributed by atoms with Gasteiger partial charge in [0.1, 0.15) is 0 Å². The number of benzene rings is 2. The molecule has 7 heteroatoms. The van der Waals surface area contributed by atoms with Crippen LogP contribution in [0.5, 0.6) is 0 Å². The zero-order valence-electron chi connectivity index (χ0n) is 14.1. The lowest BCUT2D eigenvalue weighted by atomic mass is 10.1. The predicted octanol–water partition coefficient (Wildman–Crippen LogP) is 2.22. The molecule has 3 rings (SSSR count). The summed E-state index contributed by atoms with van der Waals surface area (Å²) in [5, 5.41) is 9.54. The molecule has 0 aliphatic heterocycles. The molecule has 0 unspecified atom stereocenters. The molecular formula is C19H19N5O2. The Hall–Kier alpha value is -3.61. The van der Waals surface area contributed by atoms with E-state index in [2.05, 4.69) is 15.7 Å². The van der Waals surface area contributed by atoms with Crippen LogP contribution in [0.4, 0.5) is 10.5 Å². The third-order valence-corrected chi connectivity index (χ3v) is 3.78. The lowest BCUT2D eigenvalue weighted by Crippen LogP contribution is -2.24. The van der Waals surface area contributed by atoms with E-state index in [9.17, 15) is 9.59 Å². The molecular weight excluding hydrogens is 330 g/mol.